The molecule has 23 heavy (non-hydrogen) atoms. The summed E-state index contributed by atoms with van der Waals surface area (Å²) in [5.41, 5.74) is 1.26. The molecule has 0 radical (unpaired) electrons. The molecular formula is C20H30FNO. The van der Waals surface area contributed by atoms with Gasteiger partial charge in [-0.1, -0.05) is 32.9 Å². The summed E-state index contributed by atoms with van der Waals surface area (Å²) in [4.78, 5) is 15.2. The second kappa shape index (κ2) is 7.12. The van der Waals surface area contributed by atoms with Crippen LogP contribution in [-0.2, 0) is 4.79 Å². The highest BCUT2D eigenvalue weighted by molar-refractivity contribution is 5.82. The molecule has 0 amide bonds. The maximum absolute atomic E-state index is 13.2. The van der Waals surface area contributed by atoms with Crippen LogP contribution < -0.4 is 0 Å². The largest absolute Gasteiger partial charge is 0.300 e. The molecule has 1 aromatic rings. The Kier molecular flexibility index (Phi) is 5.61. The lowest BCUT2D eigenvalue weighted by Crippen LogP contribution is -2.29. The van der Waals surface area contributed by atoms with Crippen molar-refractivity contribution < 1.29 is 9.18 Å². The van der Waals surface area contributed by atoms with E-state index in [4.69, 9.17) is 0 Å². The minimum atomic E-state index is -0.219. The fourth-order valence-corrected chi connectivity index (χ4v) is 3.31. The van der Waals surface area contributed by atoms with Crippen LogP contribution >= 0.6 is 0 Å². The average molecular weight is 319 g/mol. The fourth-order valence-electron chi connectivity index (χ4n) is 3.31. The van der Waals surface area contributed by atoms with E-state index < -0.39 is 0 Å². The zero-order chi connectivity index (χ0) is 17.2. The van der Waals surface area contributed by atoms with E-state index >= 15 is 0 Å². The minimum Gasteiger partial charge on any atom is -0.300 e. The van der Waals surface area contributed by atoms with E-state index in [0.29, 0.717) is 18.2 Å². The first-order valence-electron chi connectivity index (χ1n) is 8.69. The molecule has 0 aromatic heterocycles. The number of rotatable bonds is 5. The second-order valence-electron chi connectivity index (χ2n) is 8.34. The monoisotopic (exact) mass is 319 g/mol. The number of carbonyl (C=O) groups excluding carboxylic acids is 1. The number of benzene rings is 1. The van der Waals surface area contributed by atoms with Crippen LogP contribution in [0.5, 0.6) is 0 Å². The molecule has 1 heterocycles. The summed E-state index contributed by atoms with van der Waals surface area (Å²) in [6, 6.07) is 7.12. The normalized spacial score (nSPS) is 22.7. The van der Waals surface area contributed by atoms with Crippen LogP contribution in [0.4, 0.5) is 4.39 Å². The second-order valence-corrected chi connectivity index (χ2v) is 8.34. The van der Waals surface area contributed by atoms with Gasteiger partial charge in [0.25, 0.3) is 0 Å². The lowest BCUT2D eigenvalue weighted by atomic mass is 9.82. The molecular weight excluding hydrogens is 289 g/mol. The third-order valence-corrected chi connectivity index (χ3v) is 4.91. The maximum Gasteiger partial charge on any atom is 0.137 e. The molecule has 0 N–H and O–H groups in total. The van der Waals surface area contributed by atoms with E-state index in [2.05, 4.69) is 39.5 Å². The Balaban J connectivity index is 2.16. The van der Waals surface area contributed by atoms with Gasteiger partial charge in [0.2, 0.25) is 0 Å². The fraction of sp³-hybridized carbons (Fsp3) is 0.650. The highest BCUT2D eigenvalue weighted by Crippen LogP contribution is 2.36. The highest BCUT2D eigenvalue weighted by Gasteiger charge is 2.38. The summed E-state index contributed by atoms with van der Waals surface area (Å²) in [6.07, 6.45) is 1.55. The van der Waals surface area contributed by atoms with E-state index in [1.54, 1.807) is 0 Å². The van der Waals surface area contributed by atoms with Crippen LogP contribution in [0.25, 0.3) is 0 Å². The van der Waals surface area contributed by atoms with E-state index in [1.807, 2.05) is 12.1 Å². The topological polar surface area (TPSA) is 20.3 Å². The number of halogens is 1. The van der Waals surface area contributed by atoms with Crippen molar-refractivity contribution in [2.45, 2.75) is 59.4 Å². The SMILES string of the molecule is CC(C)N1C[C@@H](C(=O)CCC(C)(C)C)[C@H](c2ccc(F)cc2)C1. The van der Waals surface area contributed by atoms with Crippen molar-refractivity contribution >= 4 is 5.78 Å². The van der Waals surface area contributed by atoms with Crippen LogP contribution in [0, 0.1) is 17.2 Å². The molecule has 1 aliphatic heterocycles. The number of Topliss-reactive ketones (excluding diaryl/α,β-unsaturated/α-hetero) is 1. The zero-order valence-electron chi connectivity index (χ0n) is 15.1. The zero-order valence-corrected chi connectivity index (χ0v) is 15.1. The van der Waals surface area contributed by atoms with Crippen molar-refractivity contribution in [3.05, 3.63) is 35.6 Å². The Morgan fingerprint density at radius 1 is 1.22 bits per heavy atom. The van der Waals surface area contributed by atoms with Gasteiger partial charge >= 0.3 is 0 Å². The molecule has 3 heteroatoms. The van der Waals surface area contributed by atoms with Crippen molar-refractivity contribution in [2.75, 3.05) is 13.1 Å². The van der Waals surface area contributed by atoms with E-state index in [9.17, 15) is 9.18 Å². The third-order valence-electron chi connectivity index (χ3n) is 4.91. The summed E-state index contributed by atoms with van der Waals surface area (Å²) in [7, 11) is 0. The van der Waals surface area contributed by atoms with Gasteiger partial charge < -0.3 is 0 Å². The first-order valence-corrected chi connectivity index (χ1v) is 8.69. The van der Waals surface area contributed by atoms with Crippen LogP contribution in [-0.4, -0.2) is 29.8 Å². The molecule has 0 spiro atoms. The number of ketones is 1. The van der Waals surface area contributed by atoms with Gasteiger partial charge in [-0.2, -0.15) is 0 Å². The van der Waals surface area contributed by atoms with Crippen LogP contribution in [0.2, 0.25) is 0 Å². The summed E-state index contributed by atoms with van der Waals surface area (Å²) in [5, 5.41) is 0. The molecule has 0 aliphatic carbocycles. The van der Waals surface area contributed by atoms with Gasteiger partial charge in [-0.15, -0.1) is 0 Å². The Morgan fingerprint density at radius 3 is 2.35 bits per heavy atom. The summed E-state index contributed by atoms with van der Waals surface area (Å²) >= 11 is 0. The maximum atomic E-state index is 13.2. The molecule has 1 saturated heterocycles. The van der Waals surface area contributed by atoms with Gasteiger partial charge in [0.1, 0.15) is 11.6 Å². The van der Waals surface area contributed by atoms with Crippen LogP contribution in [0.15, 0.2) is 24.3 Å². The van der Waals surface area contributed by atoms with E-state index in [1.165, 1.54) is 12.1 Å². The number of carbonyl (C=O) groups is 1. The van der Waals surface area contributed by atoms with Gasteiger partial charge in [-0.3, -0.25) is 9.69 Å². The van der Waals surface area contributed by atoms with Gasteiger partial charge in [-0.05, 0) is 43.4 Å². The number of hydrogen-bond acceptors (Lipinski definition) is 2. The summed E-state index contributed by atoms with van der Waals surface area (Å²) < 4.78 is 13.2. The highest BCUT2D eigenvalue weighted by atomic mass is 19.1. The van der Waals surface area contributed by atoms with Gasteiger partial charge in [0, 0.05) is 37.4 Å². The lowest BCUT2D eigenvalue weighted by molar-refractivity contribution is -0.123. The molecule has 2 nitrogen and oxygen atoms in total. The molecule has 0 saturated carbocycles. The van der Waals surface area contributed by atoms with Crippen molar-refractivity contribution in [2.24, 2.45) is 11.3 Å². The first kappa shape index (κ1) is 18.1. The third kappa shape index (κ3) is 4.87. The molecule has 0 unspecified atom stereocenters. The quantitative estimate of drug-likeness (QED) is 0.787. The van der Waals surface area contributed by atoms with Crippen molar-refractivity contribution in [3.8, 4) is 0 Å². The van der Waals surface area contributed by atoms with Gasteiger partial charge in [-0.25, -0.2) is 4.39 Å². The van der Waals surface area contributed by atoms with E-state index in [0.717, 1.165) is 25.1 Å². The first-order chi connectivity index (χ1) is 10.7. The molecule has 1 aromatic carbocycles. The summed E-state index contributed by atoms with van der Waals surface area (Å²) in [5.74, 6) is 0.358. The minimum absolute atomic E-state index is 0.0326. The Labute approximate surface area is 140 Å². The Hall–Kier alpha value is -1.22. The van der Waals surface area contributed by atoms with Gasteiger partial charge in [0.05, 0.1) is 0 Å². The predicted octanol–water partition coefficient (Wildman–Crippen LogP) is 4.64. The van der Waals surface area contributed by atoms with Crippen molar-refractivity contribution in [1.82, 2.24) is 4.90 Å². The Morgan fingerprint density at radius 2 is 1.83 bits per heavy atom. The number of hydrogen-bond donors (Lipinski definition) is 0. The van der Waals surface area contributed by atoms with E-state index in [-0.39, 0.29) is 23.1 Å². The lowest BCUT2D eigenvalue weighted by Gasteiger charge is -2.21. The molecule has 2 atom stereocenters. The molecule has 128 valence electrons. The number of nitrogens with zero attached hydrogens (tertiary/aromatic N) is 1. The van der Waals surface area contributed by atoms with Crippen molar-refractivity contribution in [1.29, 1.82) is 0 Å². The number of likely N-dealkylation sites (tertiary alicyclic amines) is 1. The molecule has 1 aliphatic rings. The average Bonchev–Trinajstić information content (AvgIpc) is 2.90. The molecule has 1 fully saturated rings. The predicted molar refractivity (Wildman–Crippen MR) is 93.0 cm³/mol. The van der Waals surface area contributed by atoms with Crippen molar-refractivity contribution in [3.63, 3.8) is 0 Å². The van der Waals surface area contributed by atoms with Crippen LogP contribution in [0.1, 0.15) is 58.9 Å². The molecule has 2 rings (SSSR count). The van der Waals surface area contributed by atoms with Gasteiger partial charge in [0.15, 0.2) is 0 Å². The van der Waals surface area contributed by atoms with Crippen LogP contribution in [0.3, 0.4) is 0 Å². The molecule has 0 bridgehead atoms. The Bertz CT molecular complexity index is 530. The summed E-state index contributed by atoms with van der Waals surface area (Å²) in [6.45, 7) is 12.6. The smallest absolute Gasteiger partial charge is 0.137 e. The standard InChI is InChI=1S/C20H30FNO/c1-14(2)22-12-17(15-6-8-16(21)9-7-15)18(13-22)19(23)10-11-20(3,4)5/h6-9,14,17-18H,10-13H2,1-5H3/t17-,18+/m0/s1.